The molecule has 0 spiro atoms. The van der Waals surface area contributed by atoms with E-state index in [-0.39, 0.29) is 5.41 Å². The quantitative estimate of drug-likeness (QED) is 0.167. The maximum absolute atomic E-state index is 6.27. The van der Waals surface area contributed by atoms with Crippen molar-refractivity contribution in [3.05, 3.63) is 217 Å². The van der Waals surface area contributed by atoms with Crippen LogP contribution in [0.1, 0.15) is 25.0 Å². The van der Waals surface area contributed by atoms with Gasteiger partial charge in [-0.3, -0.25) is 0 Å². The molecule has 0 saturated carbocycles. The minimum atomic E-state index is -0.0667. The first-order valence-corrected chi connectivity index (χ1v) is 22.2. The van der Waals surface area contributed by atoms with Crippen LogP contribution >= 0.6 is 0 Å². The Morgan fingerprint density at radius 2 is 0.938 bits per heavy atom. The summed E-state index contributed by atoms with van der Waals surface area (Å²) in [6, 6.07) is 73.3. The van der Waals surface area contributed by atoms with Crippen molar-refractivity contribution in [2.75, 3.05) is 0 Å². The van der Waals surface area contributed by atoms with E-state index in [9.17, 15) is 0 Å². The average molecular weight is 833 g/mol. The summed E-state index contributed by atoms with van der Waals surface area (Å²) >= 11 is 0. The number of benzene rings is 9. The zero-order chi connectivity index (χ0) is 43.2. The average Bonchev–Trinajstić information content (AvgIpc) is 3.99. The molecule has 306 valence electrons. The van der Waals surface area contributed by atoms with Crippen LogP contribution in [0.5, 0.6) is 0 Å². The summed E-state index contributed by atoms with van der Waals surface area (Å²) in [5, 5.41) is 4.57. The Bertz CT molecular complexity index is 3860. The van der Waals surface area contributed by atoms with Crippen LogP contribution in [-0.2, 0) is 5.41 Å². The number of aromatic nitrogens is 4. The Morgan fingerprint density at radius 1 is 0.369 bits per heavy atom. The summed E-state index contributed by atoms with van der Waals surface area (Å²) in [5.41, 5.74) is 17.8. The maximum Gasteiger partial charge on any atom is 0.164 e. The number of nitrogens with zero attached hydrogens (tertiary/aromatic N) is 4. The van der Waals surface area contributed by atoms with Crippen molar-refractivity contribution in [3.8, 4) is 73.2 Å². The van der Waals surface area contributed by atoms with Crippen LogP contribution in [0.15, 0.2) is 211 Å². The fourth-order valence-electron chi connectivity index (χ4n) is 10.2. The molecular weight excluding hydrogens is 793 g/mol. The van der Waals surface area contributed by atoms with E-state index < -0.39 is 0 Å². The van der Waals surface area contributed by atoms with Crippen LogP contribution in [-0.4, -0.2) is 19.5 Å². The lowest BCUT2D eigenvalue weighted by atomic mass is 9.81. The first-order valence-electron chi connectivity index (χ1n) is 22.2. The van der Waals surface area contributed by atoms with Gasteiger partial charge in [0, 0.05) is 54.9 Å². The normalized spacial score (nSPS) is 12.9. The molecular formula is C60H40N4O. The van der Waals surface area contributed by atoms with E-state index in [1.807, 2.05) is 54.6 Å². The number of hydrogen-bond acceptors (Lipinski definition) is 4. The van der Waals surface area contributed by atoms with E-state index in [2.05, 4.69) is 170 Å². The van der Waals surface area contributed by atoms with E-state index in [1.54, 1.807) is 0 Å². The minimum absolute atomic E-state index is 0.0667. The molecule has 3 heterocycles. The zero-order valence-electron chi connectivity index (χ0n) is 35.8. The lowest BCUT2D eigenvalue weighted by molar-refractivity contribution is 0.660. The first kappa shape index (κ1) is 37.2. The Balaban J connectivity index is 0.917. The van der Waals surface area contributed by atoms with Crippen molar-refractivity contribution in [2.45, 2.75) is 19.3 Å². The van der Waals surface area contributed by atoms with Gasteiger partial charge < -0.3 is 8.98 Å². The number of para-hydroxylation sites is 3. The van der Waals surface area contributed by atoms with E-state index in [0.29, 0.717) is 17.5 Å². The smallest absolute Gasteiger partial charge is 0.164 e. The third kappa shape index (κ3) is 5.89. The van der Waals surface area contributed by atoms with Crippen molar-refractivity contribution in [1.29, 1.82) is 0 Å². The van der Waals surface area contributed by atoms with Gasteiger partial charge in [0.1, 0.15) is 11.2 Å². The summed E-state index contributed by atoms with van der Waals surface area (Å²) in [5.74, 6) is 1.80. The molecule has 0 N–H and O–H groups in total. The van der Waals surface area contributed by atoms with Crippen molar-refractivity contribution in [3.63, 3.8) is 0 Å². The second kappa shape index (κ2) is 14.3. The van der Waals surface area contributed by atoms with Crippen molar-refractivity contribution in [1.82, 2.24) is 19.5 Å². The summed E-state index contributed by atoms with van der Waals surface area (Å²) in [6.45, 7) is 4.69. The highest BCUT2D eigenvalue weighted by Crippen LogP contribution is 2.50. The number of furan rings is 1. The van der Waals surface area contributed by atoms with Crippen LogP contribution in [0.3, 0.4) is 0 Å². The van der Waals surface area contributed by atoms with Gasteiger partial charge in [0.05, 0.1) is 11.0 Å². The largest absolute Gasteiger partial charge is 0.456 e. The van der Waals surface area contributed by atoms with Gasteiger partial charge in [-0.2, -0.15) is 0 Å². The lowest BCUT2D eigenvalue weighted by Crippen LogP contribution is -2.14. The fourth-order valence-corrected chi connectivity index (χ4v) is 10.2. The SMILES string of the molecule is CC1(C)c2ccccc2-c2ccc(-c3cccc(-c4cccc5c6ccccc6n(-c6ccc(-c7nc(-c8ccccc8)nc(-c8ccc9c(c8)oc8ccccc89)n7)cc6)c45)c3)cc21. The van der Waals surface area contributed by atoms with E-state index in [0.717, 1.165) is 49.8 Å². The highest BCUT2D eigenvalue weighted by molar-refractivity contribution is 6.14. The molecule has 0 amide bonds. The highest BCUT2D eigenvalue weighted by atomic mass is 16.3. The van der Waals surface area contributed by atoms with Gasteiger partial charge in [-0.05, 0) is 99.6 Å². The Hall–Kier alpha value is -8.41. The molecule has 9 aromatic carbocycles. The summed E-state index contributed by atoms with van der Waals surface area (Å²) in [6.07, 6.45) is 0. The van der Waals surface area contributed by atoms with Crippen molar-refractivity contribution in [2.24, 2.45) is 0 Å². The first-order chi connectivity index (χ1) is 32.0. The molecule has 65 heavy (non-hydrogen) atoms. The number of hydrogen-bond donors (Lipinski definition) is 0. The summed E-state index contributed by atoms with van der Waals surface area (Å²) < 4.78 is 8.68. The second-order valence-corrected chi connectivity index (χ2v) is 17.6. The van der Waals surface area contributed by atoms with Crippen LogP contribution < -0.4 is 0 Å². The number of fused-ring (bicyclic) bond motifs is 9. The molecule has 3 aromatic heterocycles. The molecule has 0 aliphatic heterocycles. The molecule has 0 fully saturated rings. The van der Waals surface area contributed by atoms with Crippen molar-refractivity contribution < 1.29 is 4.42 Å². The zero-order valence-corrected chi connectivity index (χ0v) is 35.8. The predicted molar refractivity (Wildman–Crippen MR) is 266 cm³/mol. The second-order valence-electron chi connectivity index (χ2n) is 17.6. The number of rotatable bonds is 6. The molecule has 0 radical (unpaired) electrons. The molecule has 13 rings (SSSR count). The molecule has 0 bridgehead atoms. The fraction of sp³-hybridized carbons (Fsp3) is 0.0500. The third-order valence-electron chi connectivity index (χ3n) is 13.5. The molecule has 0 saturated heterocycles. The van der Waals surface area contributed by atoms with Gasteiger partial charge in [0.2, 0.25) is 0 Å². The standard InChI is InChI=1S/C60H40N4O/c1-60(2)51-23-9-6-18-45(51)46-32-28-40(35-52(46)60)39-16-12-17-41(34-39)44-21-13-22-50-47-19-7-10-24-53(47)64(56(44)50)43-30-26-38(27-31-43)58-61-57(37-14-4-3-5-15-37)62-59(63-58)42-29-33-49-48-20-8-11-25-54(48)65-55(49)36-42/h3-36H,1-2H3. The maximum atomic E-state index is 6.27. The highest BCUT2D eigenvalue weighted by Gasteiger charge is 2.35. The van der Waals surface area contributed by atoms with Crippen molar-refractivity contribution >= 4 is 43.7 Å². The van der Waals surface area contributed by atoms with E-state index in [1.165, 1.54) is 60.8 Å². The van der Waals surface area contributed by atoms with Crippen LogP contribution in [0.2, 0.25) is 0 Å². The van der Waals surface area contributed by atoms with E-state index >= 15 is 0 Å². The monoisotopic (exact) mass is 832 g/mol. The third-order valence-corrected chi connectivity index (χ3v) is 13.5. The van der Waals surface area contributed by atoms with Gasteiger partial charge in [0.25, 0.3) is 0 Å². The molecule has 0 unspecified atom stereocenters. The molecule has 1 aliphatic rings. The molecule has 0 atom stereocenters. The van der Waals surface area contributed by atoms with Gasteiger partial charge >= 0.3 is 0 Å². The van der Waals surface area contributed by atoms with Gasteiger partial charge in [0.15, 0.2) is 17.5 Å². The molecule has 5 nitrogen and oxygen atoms in total. The van der Waals surface area contributed by atoms with Gasteiger partial charge in [-0.15, -0.1) is 0 Å². The minimum Gasteiger partial charge on any atom is -0.456 e. The molecule has 5 heteroatoms. The predicted octanol–water partition coefficient (Wildman–Crippen LogP) is 15.5. The summed E-state index contributed by atoms with van der Waals surface area (Å²) in [7, 11) is 0. The Morgan fingerprint density at radius 3 is 1.78 bits per heavy atom. The van der Waals surface area contributed by atoms with E-state index in [4.69, 9.17) is 19.4 Å². The Kier molecular flexibility index (Phi) is 8.18. The van der Waals surface area contributed by atoms with Crippen LogP contribution in [0.4, 0.5) is 0 Å². The molecule has 1 aliphatic carbocycles. The van der Waals surface area contributed by atoms with Gasteiger partial charge in [-0.1, -0.05) is 159 Å². The van der Waals surface area contributed by atoms with Gasteiger partial charge in [-0.25, -0.2) is 15.0 Å². The van der Waals surface area contributed by atoms with Crippen LogP contribution in [0, 0.1) is 0 Å². The van der Waals surface area contributed by atoms with Crippen LogP contribution in [0.25, 0.3) is 117 Å². The summed E-state index contributed by atoms with van der Waals surface area (Å²) in [4.78, 5) is 15.2. The molecule has 12 aromatic rings. The Labute approximate surface area is 376 Å². The lowest BCUT2D eigenvalue weighted by Gasteiger charge is -2.22. The topological polar surface area (TPSA) is 56.7 Å².